The van der Waals surface area contributed by atoms with Gasteiger partial charge >= 0.3 is 0 Å². The first kappa shape index (κ1) is 16.3. The molecule has 1 atom stereocenters. The maximum atomic E-state index is 9.04. The van der Waals surface area contributed by atoms with Gasteiger partial charge in [0, 0.05) is 17.9 Å². The molecule has 0 aliphatic rings. The van der Waals surface area contributed by atoms with Crippen molar-refractivity contribution in [2.45, 2.75) is 24.1 Å². The van der Waals surface area contributed by atoms with Crippen molar-refractivity contribution in [3.05, 3.63) is 29.8 Å². The van der Waals surface area contributed by atoms with Crippen LogP contribution in [0, 0.1) is 35.5 Å². The number of para-hydroxylation sites is 1. The van der Waals surface area contributed by atoms with Crippen molar-refractivity contribution < 1.29 is 0 Å². The number of benzene rings is 1. The fourth-order valence-corrected chi connectivity index (χ4v) is 3.59. The van der Waals surface area contributed by atoms with Gasteiger partial charge in [-0.25, -0.2) is 0 Å². The molecule has 22 heavy (non-hydrogen) atoms. The number of nitrogens with zero attached hydrogens (tertiary/aromatic N) is 4. The number of hydrogen-bond donors (Lipinski definition) is 1. The van der Waals surface area contributed by atoms with Gasteiger partial charge in [-0.15, -0.1) is 10.2 Å². The van der Waals surface area contributed by atoms with E-state index in [4.69, 9.17) is 10.5 Å². The van der Waals surface area contributed by atoms with E-state index in [1.807, 2.05) is 31.2 Å². The zero-order valence-electron chi connectivity index (χ0n) is 12.1. The molecule has 0 bridgehead atoms. The van der Waals surface area contributed by atoms with Crippen molar-refractivity contribution in [2.75, 3.05) is 11.1 Å². The Hall–Kier alpha value is -2.09. The maximum Gasteiger partial charge on any atom is 0.210 e. The van der Waals surface area contributed by atoms with E-state index in [0.717, 1.165) is 20.7 Å². The Bertz CT molecular complexity index is 698. The largest absolute Gasteiger partial charge is 0.330 e. The van der Waals surface area contributed by atoms with E-state index in [1.54, 1.807) is 0 Å². The molecule has 1 N–H and O–H groups in total. The lowest BCUT2D eigenvalue weighted by atomic mass is 10.1. The van der Waals surface area contributed by atoms with Gasteiger partial charge in [0.2, 0.25) is 5.13 Å². The van der Waals surface area contributed by atoms with Gasteiger partial charge in [-0.1, -0.05) is 41.3 Å². The summed E-state index contributed by atoms with van der Waals surface area (Å²) in [4.78, 5) is 0. The average molecular weight is 329 g/mol. The average Bonchev–Trinajstić information content (AvgIpc) is 2.97. The Balaban J connectivity index is 1.91. The van der Waals surface area contributed by atoms with Gasteiger partial charge < -0.3 is 5.32 Å². The highest BCUT2D eigenvalue weighted by Gasteiger charge is 2.11. The molecule has 0 amide bonds. The monoisotopic (exact) mass is 329 g/mol. The minimum absolute atomic E-state index is 0.124. The summed E-state index contributed by atoms with van der Waals surface area (Å²) < 4.78 is 0.827. The number of anilines is 2. The molecule has 1 aromatic heterocycles. The molecule has 0 radical (unpaired) electrons. The second kappa shape index (κ2) is 8.38. The van der Waals surface area contributed by atoms with Crippen molar-refractivity contribution in [1.82, 2.24) is 10.2 Å². The van der Waals surface area contributed by atoms with Crippen LogP contribution in [-0.4, -0.2) is 16.0 Å². The van der Waals surface area contributed by atoms with E-state index in [9.17, 15) is 0 Å². The predicted molar refractivity (Wildman–Crippen MR) is 89.0 cm³/mol. The van der Waals surface area contributed by atoms with Crippen LogP contribution in [-0.2, 0) is 0 Å². The second-order valence-corrected chi connectivity index (χ2v) is 6.89. The Kier molecular flexibility index (Phi) is 6.20. The van der Waals surface area contributed by atoms with Gasteiger partial charge in [0.25, 0.3) is 0 Å². The van der Waals surface area contributed by atoms with Gasteiger partial charge in [-0.2, -0.15) is 10.5 Å². The van der Waals surface area contributed by atoms with E-state index in [0.29, 0.717) is 18.6 Å². The Morgan fingerprint density at radius 1 is 1.32 bits per heavy atom. The lowest BCUT2D eigenvalue weighted by Gasteiger charge is -2.05. The van der Waals surface area contributed by atoms with Crippen molar-refractivity contribution in [2.24, 2.45) is 5.92 Å². The number of nitrogens with one attached hydrogen (secondary N) is 1. The number of rotatable bonds is 7. The van der Waals surface area contributed by atoms with Gasteiger partial charge in [0.15, 0.2) is 4.34 Å². The molecule has 0 aliphatic carbocycles. The van der Waals surface area contributed by atoms with Crippen LogP contribution >= 0.6 is 23.1 Å². The maximum absolute atomic E-state index is 9.04. The van der Waals surface area contributed by atoms with Crippen molar-refractivity contribution in [1.29, 1.82) is 10.5 Å². The Morgan fingerprint density at radius 2 is 2.14 bits per heavy atom. The van der Waals surface area contributed by atoms with Gasteiger partial charge in [-0.3, -0.25) is 0 Å². The topological polar surface area (TPSA) is 85.4 Å². The van der Waals surface area contributed by atoms with Crippen LogP contribution in [0.25, 0.3) is 0 Å². The summed E-state index contributed by atoms with van der Waals surface area (Å²) in [5, 5.41) is 29.8. The Morgan fingerprint density at radius 3 is 2.86 bits per heavy atom. The molecular formula is C15H15N5S2. The summed E-state index contributed by atoms with van der Waals surface area (Å²) in [5.41, 5.74) is 2.16. The van der Waals surface area contributed by atoms with Crippen molar-refractivity contribution in [3.63, 3.8) is 0 Å². The van der Waals surface area contributed by atoms with Gasteiger partial charge in [-0.05, 0) is 25.0 Å². The minimum atomic E-state index is -0.124. The van der Waals surface area contributed by atoms with Gasteiger partial charge in [0.1, 0.15) is 0 Å². The fourth-order valence-electron chi connectivity index (χ4n) is 1.74. The van der Waals surface area contributed by atoms with Gasteiger partial charge in [0.05, 0.1) is 18.1 Å². The zero-order valence-corrected chi connectivity index (χ0v) is 13.7. The summed E-state index contributed by atoms with van der Waals surface area (Å²) in [6.07, 6.45) is 1.02. The molecule has 0 unspecified atom stereocenters. The molecule has 2 aromatic rings. The summed E-state index contributed by atoms with van der Waals surface area (Å²) in [6, 6.07) is 12.3. The van der Waals surface area contributed by atoms with Crippen molar-refractivity contribution >= 4 is 33.9 Å². The van der Waals surface area contributed by atoms with Crippen LogP contribution in [0.1, 0.15) is 18.4 Å². The molecule has 7 heteroatoms. The fraction of sp³-hybridized carbons (Fsp3) is 0.333. The highest BCUT2D eigenvalue weighted by Crippen LogP contribution is 2.30. The molecule has 1 heterocycles. The molecule has 0 saturated heterocycles. The molecule has 112 valence electrons. The van der Waals surface area contributed by atoms with Crippen LogP contribution in [0.5, 0.6) is 0 Å². The molecule has 0 aliphatic heterocycles. The first-order valence-corrected chi connectivity index (χ1v) is 8.58. The highest BCUT2D eigenvalue weighted by atomic mass is 32.2. The van der Waals surface area contributed by atoms with E-state index >= 15 is 0 Å². The number of aryl methyl sites for hydroxylation is 1. The summed E-state index contributed by atoms with van der Waals surface area (Å²) in [5.74, 6) is 0.512. The quantitative estimate of drug-likeness (QED) is 0.769. The molecule has 0 saturated carbocycles. The number of nitriles is 2. The van der Waals surface area contributed by atoms with Crippen molar-refractivity contribution in [3.8, 4) is 12.1 Å². The normalized spacial score (nSPS) is 11.4. The minimum Gasteiger partial charge on any atom is -0.330 e. The first-order chi connectivity index (χ1) is 10.7. The number of thioether (sulfide) groups is 1. The SMILES string of the molecule is Cc1ccccc1Nc1nnc(SC[C@H](C#N)CCC#N)s1. The zero-order chi connectivity index (χ0) is 15.8. The molecule has 2 rings (SSSR count). The van der Waals surface area contributed by atoms with Crippen LogP contribution in [0.15, 0.2) is 28.6 Å². The number of aromatic nitrogens is 2. The second-order valence-electron chi connectivity index (χ2n) is 4.65. The molecule has 5 nitrogen and oxygen atoms in total. The molecule has 1 aromatic carbocycles. The standard InChI is InChI=1S/C15H15N5S2/c1-11-5-2-3-7-13(11)18-14-19-20-15(22-14)21-10-12(9-17)6-4-8-16/h2-3,5,7,12H,4,6,10H2,1H3,(H,18,19)/t12-/m0/s1. The van der Waals surface area contributed by atoms with Crippen LogP contribution < -0.4 is 5.32 Å². The lowest BCUT2D eigenvalue weighted by Crippen LogP contribution is -1.99. The van der Waals surface area contributed by atoms with Crippen LogP contribution in [0.4, 0.5) is 10.8 Å². The Labute approximate surface area is 138 Å². The van der Waals surface area contributed by atoms with E-state index in [2.05, 4.69) is 27.7 Å². The van der Waals surface area contributed by atoms with E-state index in [1.165, 1.54) is 23.1 Å². The third kappa shape index (κ3) is 4.73. The summed E-state index contributed by atoms with van der Waals surface area (Å²) in [7, 11) is 0. The smallest absolute Gasteiger partial charge is 0.210 e. The van der Waals surface area contributed by atoms with Crippen LogP contribution in [0.2, 0.25) is 0 Å². The lowest BCUT2D eigenvalue weighted by molar-refractivity contribution is 0.685. The molecule has 0 fully saturated rings. The first-order valence-electron chi connectivity index (χ1n) is 6.78. The summed E-state index contributed by atoms with van der Waals surface area (Å²) in [6.45, 7) is 2.03. The van der Waals surface area contributed by atoms with Crippen LogP contribution in [0.3, 0.4) is 0 Å². The van der Waals surface area contributed by atoms with E-state index < -0.39 is 0 Å². The molecular weight excluding hydrogens is 314 g/mol. The predicted octanol–water partition coefficient (Wildman–Crippen LogP) is 4.13. The summed E-state index contributed by atoms with van der Waals surface area (Å²) >= 11 is 2.98. The third-order valence-electron chi connectivity index (χ3n) is 2.99. The highest BCUT2D eigenvalue weighted by molar-refractivity contribution is 8.01. The third-order valence-corrected chi connectivity index (χ3v) is 5.12. The molecule has 0 spiro atoms. The number of hydrogen-bond acceptors (Lipinski definition) is 7. The van der Waals surface area contributed by atoms with E-state index in [-0.39, 0.29) is 5.92 Å².